The Morgan fingerprint density at radius 1 is 1.07 bits per heavy atom. The highest BCUT2D eigenvalue weighted by Gasteiger charge is 2.22. The number of methoxy groups -OCH3 is 2. The Balaban J connectivity index is 1.71. The molecule has 0 saturated carbocycles. The van der Waals surface area contributed by atoms with Crippen LogP contribution in [0.1, 0.15) is 22.4 Å². The van der Waals surface area contributed by atoms with Gasteiger partial charge in [0.25, 0.3) is 0 Å². The van der Waals surface area contributed by atoms with Gasteiger partial charge in [-0.1, -0.05) is 0 Å². The molecule has 1 aromatic carbocycles. The molecule has 0 N–H and O–H groups in total. The highest BCUT2D eigenvalue weighted by atomic mass is 16.5. The van der Waals surface area contributed by atoms with Gasteiger partial charge in [-0.25, -0.2) is 4.98 Å². The van der Waals surface area contributed by atoms with Gasteiger partial charge in [0.05, 0.1) is 19.8 Å². The number of hydrogen-bond acceptors (Lipinski definition) is 6. The maximum absolute atomic E-state index is 9.52. The molecule has 2 aromatic rings. The number of nitrogens with zero attached hydrogens (tertiary/aromatic N) is 4. The largest absolute Gasteiger partial charge is 0.497 e. The van der Waals surface area contributed by atoms with Gasteiger partial charge in [0.1, 0.15) is 23.4 Å². The number of piperazine rings is 1. The summed E-state index contributed by atoms with van der Waals surface area (Å²) < 4.78 is 10.8. The fourth-order valence-electron chi connectivity index (χ4n) is 3.55. The van der Waals surface area contributed by atoms with Crippen molar-refractivity contribution in [3.05, 3.63) is 46.6 Å². The number of aromatic nitrogens is 1. The summed E-state index contributed by atoms with van der Waals surface area (Å²) in [6.07, 6.45) is 0. The third-order valence-corrected chi connectivity index (χ3v) is 4.99. The zero-order valence-electron chi connectivity index (χ0n) is 16.5. The summed E-state index contributed by atoms with van der Waals surface area (Å²) in [5.41, 5.74) is 3.74. The minimum Gasteiger partial charge on any atom is -0.497 e. The van der Waals surface area contributed by atoms with Crippen molar-refractivity contribution in [3.8, 4) is 17.6 Å². The van der Waals surface area contributed by atoms with Crippen LogP contribution < -0.4 is 14.4 Å². The second-order valence-electron chi connectivity index (χ2n) is 6.83. The van der Waals surface area contributed by atoms with E-state index in [1.165, 1.54) is 0 Å². The Labute approximate surface area is 160 Å². The number of ether oxygens (including phenoxy) is 2. The molecule has 1 fully saturated rings. The van der Waals surface area contributed by atoms with Crippen LogP contribution in [0.2, 0.25) is 0 Å². The predicted octanol–water partition coefficient (Wildman–Crippen LogP) is 2.91. The van der Waals surface area contributed by atoms with Crippen molar-refractivity contribution in [2.24, 2.45) is 0 Å². The van der Waals surface area contributed by atoms with E-state index in [1.807, 2.05) is 38.1 Å². The minimum absolute atomic E-state index is 0.684. The first kappa shape index (κ1) is 19.0. The normalized spacial score (nSPS) is 14.7. The molecule has 142 valence electrons. The molecular formula is C21H26N4O2. The van der Waals surface area contributed by atoms with Crippen molar-refractivity contribution in [2.75, 3.05) is 45.3 Å². The topological polar surface area (TPSA) is 61.6 Å². The average molecular weight is 366 g/mol. The lowest BCUT2D eigenvalue weighted by Gasteiger charge is -2.36. The number of aryl methyl sites for hydroxylation is 2. The average Bonchev–Trinajstić information content (AvgIpc) is 2.68. The molecule has 0 aliphatic carbocycles. The van der Waals surface area contributed by atoms with Gasteiger partial charge < -0.3 is 14.4 Å². The van der Waals surface area contributed by atoms with Crippen LogP contribution >= 0.6 is 0 Å². The summed E-state index contributed by atoms with van der Waals surface area (Å²) in [5.74, 6) is 2.53. The van der Waals surface area contributed by atoms with Gasteiger partial charge in [-0.2, -0.15) is 5.26 Å². The first-order chi connectivity index (χ1) is 13.0. The zero-order valence-corrected chi connectivity index (χ0v) is 16.5. The molecule has 1 aliphatic rings. The van der Waals surface area contributed by atoms with Crippen LogP contribution in [0, 0.1) is 25.2 Å². The molecular weight excluding hydrogens is 340 g/mol. The van der Waals surface area contributed by atoms with Crippen LogP contribution in [0.5, 0.6) is 11.5 Å². The molecule has 1 aliphatic heterocycles. The Bertz CT molecular complexity index is 852. The minimum atomic E-state index is 0.684. The summed E-state index contributed by atoms with van der Waals surface area (Å²) in [7, 11) is 3.37. The lowest BCUT2D eigenvalue weighted by molar-refractivity contribution is 0.245. The number of hydrogen-bond donors (Lipinski definition) is 0. The molecule has 0 radical (unpaired) electrons. The van der Waals surface area contributed by atoms with E-state index in [-0.39, 0.29) is 0 Å². The standard InChI is InChI=1S/C21H26N4O2/c1-15-11-16(2)23-21(19(15)13-22)25-9-7-24(8-10-25)14-17-12-18(26-3)5-6-20(17)27-4/h5-6,11-12H,7-10,14H2,1-4H3. The van der Waals surface area contributed by atoms with Crippen molar-refractivity contribution in [3.63, 3.8) is 0 Å². The first-order valence-corrected chi connectivity index (χ1v) is 9.12. The number of rotatable bonds is 5. The second-order valence-corrected chi connectivity index (χ2v) is 6.83. The van der Waals surface area contributed by atoms with Crippen LogP contribution in [0.25, 0.3) is 0 Å². The fourth-order valence-corrected chi connectivity index (χ4v) is 3.55. The van der Waals surface area contributed by atoms with E-state index in [4.69, 9.17) is 9.47 Å². The predicted molar refractivity (Wildman–Crippen MR) is 105 cm³/mol. The van der Waals surface area contributed by atoms with Gasteiger partial charge in [-0.05, 0) is 43.7 Å². The van der Waals surface area contributed by atoms with Crippen LogP contribution in [0.15, 0.2) is 24.3 Å². The first-order valence-electron chi connectivity index (χ1n) is 9.12. The number of pyridine rings is 1. The zero-order chi connectivity index (χ0) is 19.4. The number of nitriles is 1. The molecule has 0 bridgehead atoms. The lowest BCUT2D eigenvalue weighted by atomic mass is 10.1. The summed E-state index contributed by atoms with van der Waals surface area (Å²) >= 11 is 0. The van der Waals surface area contributed by atoms with E-state index < -0.39 is 0 Å². The molecule has 0 amide bonds. The van der Waals surface area contributed by atoms with Crippen molar-refractivity contribution < 1.29 is 9.47 Å². The molecule has 27 heavy (non-hydrogen) atoms. The van der Waals surface area contributed by atoms with Crippen molar-refractivity contribution in [1.82, 2.24) is 9.88 Å². The van der Waals surface area contributed by atoms with Gasteiger partial charge in [-0.3, -0.25) is 4.90 Å². The second kappa shape index (κ2) is 8.28. The molecule has 2 heterocycles. The van der Waals surface area contributed by atoms with Crippen LogP contribution in [-0.2, 0) is 6.54 Å². The van der Waals surface area contributed by atoms with E-state index in [2.05, 4.69) is 20.9 Å². The van der Waals surface area contributed by atoms with Crippen LogP contribution in [-0.4, -0.2) is 50.3 Å². The molecule has 1 saturated heterocycles. The summed E-state index contributed by atoms with van der Waals surface area (Å²) in [6, 6.07) is 10.2. The number of anilines is 1. The van der Waals surface area contributed by atoms with Gasteiger partial charge in [0.15, 0.2) is 0 Å². The molecule has 0 unspecified atom stereocenters. The van der Waals surface area contributed by atoms with Crippen molar-refractivity contribution in [2.45, 2.75) is 20.4 Å². The van der Waals surface area contributed by atoms with E-state index in [0.717, 1.165) is 66.9 Å². The lowest BCUT2D eigenvalue weighted by Crippen LogP contribution is -2.46. The van der Waals surface area contributed by atoms with Gasteiger partial charge in [0, 0.05) is 44.0 Å². The molecule has 3 rings (SSSR count). The van der Waals surface area contributed by atoms with Crippen molar-refractivity contribution in [1.29, 1.82) is 5.26 Å². The Morgan fingerprint density at radius 3 is 2.44 bits per heavy atom. The highest BCUT2D eigenvalue weighted by molar-refractivity contribution is 5.58. The summed E-state index contributed by atoms with van der Waals surface area (Å²) in [5, 5.41) is 9.52. The molecule has 6 heteroatoms. The molecule has 6 nitrogen and oxygen atoms in total. The van der Waals surface area contributed by atoms with Crippen LogP contribution in [0.3, 0.4) is 0 Å². The third-order valence-electron chi connectivity index (χ3n) is 4.99. The number of benzene rings is 1. The smallest absolute Gasteiger partial charge is 0.147 e. The Morgan fingerprint density at radius 2 is 1.81 bits per heavy atom. The summed E-state index contributed by atoms with van der Waals surface area (Å²) in [6.45, 7) is 8.25. The quantitative estimate of drug-likeness (QED) is 0.811. The molecule has 0 atom stereocenters. The van der Waals surface area contributed by atoms with E-state index in [1.54, 1.807) is 14.2 Å². The highest BCUT2D eigenvalue weighted by Crippen LogP contribution is 2.27. The molecule has 1 aromatic heterocycles. The van der Waals surface area contributed by atoms with E-state index in [0.29, 0.717) is 5.56 Å². The summed E-state index contributed by atoms with van der Waals surface area (Å²) in [4.78, 5) is 9.25. The van der Waals surface area contributed by atoms with Crippen LogP contribution in [0.4, 0.5) is 5.82 Å². The fraction of sp³-hybridized carbons (Fsp3) is 0.429. The van der Waals surface area contributed by atoms with Gasteiger partial charge in [-0.15, -0.1) is 0 Å². The van der Waals surface area contributed by atoms with Crippen molar-refractivity contribution >= 4 is 5.82 Å². The molecule has 0 spiro atoms. The van der Waals surface area contributed by atoms with E-state index >= 15 is 0 Å². The third kappa shape index (κ3) is 4.15. The maximum atomic E-state index is 9.52. The Hall–Kier alpha value is -2.78. The van der Waals surface area contributed by atoms with E-state index in [9.17, 15) is 5.26 Å². The maximum Gasteiger partial charge on any atom is 0.147 e. The van der Waals surface area contributed by atoms with Gasteiger partial charge in [0.2, 0.25) is 0 Å². The monoisotopic (exact) mass is 366 g/mol. The Kier molecular flexibility index (Phi) is 5.82. The SMILES string of the molecule is COc1ccc(OC)c(CN2CCN(c3nc(C)cc(C)c3C#N)CC2)c1. The van der Waals surface area contributed by atoms with Gasteiger partial charge >= 0.3 is 0 Å².